The normalized spacial score (nSPS) is 10.4. The largest absolute Gasteiger partial charge is 0.482 e. The number of halogens is 1. The third-order valence-corrected chi connectivity index (χ3v) is 5.04. The molecule has 3 aromatic rings. The number of amidine groups is 1. The van der Waals surface area contributed by atoms with E-state index in [2.05, 4.69) is 10.6 Å². The Bertz CT molecular complexity index is 1210. The molecule has 0 bridgehead atoms. The molecule has 0 radical (unpaired) electrons. The molecule has 0 aliphatic carbocycles. The molecule has 3 rings (SSSR count). The molecule has 176 valence electrons. The number of ether oxygens (including phenoxy) is 1. The molecule has 34 heavy (non-hydrogen) atoms. The lowest BCUT2D eigenvalue weighted by atomic mass is 10.1. The Morgan fingerprint density at radius 3 is 2.44 bits per heavy atom. The molecule has 1 amide bonds. The summed E-state index contributed by atoms with van der Waals surface area (Å²) in [7, 11) is 0. The van der Waals surface area contributed by atoms with E-state index in [9.17, 15) is 14.7 Å². The predicted octanol–water partition coefficient (Wildman–Crippen LogP) is 3.44. The lowest BCUT2D eigenvalue weighted by molar-refractivity contribution is -0.139. The van der Waals surface area contributed by atoms with E-state index < -0.39 is 18.5 Å². The van der Waals surface area contributed by atoms with Crippen molar-refractivity contribution < 1.29 is 24.5 Å². The van der Waals surface area contributed by atoms with E-state index in [-0.39, 0.29) is 24.6 Å². The lowest BCUT2D eigenvalue weighted by Crippen LogP contribution is -2.16. The van der Waals surface area contributed by atoms with Crippen LogP contribution in [0.15, 0.2) is 60.7 Å². The summed E-state index contributed by atoms with van der Waals surface area (Å²) in [5.74, 6) is -1.25. The fourth-order valence-corrected chi connectivity index (χ4v) is 3.30. The second-order valence-electron chi connectivity index (χ2n) is 7.27. The molecular formula is C24H23ClN4O5. The molecule has 0 aliphatic rings. The van der Waals surface area contributed by atoms with Crippen molar-refractivity contribution in [1.29, 1.82) is 5.41 Å². The number of nitrogen functional groups attached to an aromatic ring is 1. The van der Waals surface area contributed by atoms with Crippen LogP contribution >= 0.6 is 11.6 Å². The summed E-state index contributed by atoms with van der Waals surface area (Å²) >= 11 is 6.12. The van der Waals surface area contributed by atoms with Crippen LogP contribution in [-0.4, -0.2) is 34.5 Å². The second kappa shape index (κ2) is 11.2. The Labute approximate surface area is 200 Å². The minimum Gasteiger partial charge on any atom is -0.482 e. The monoisotopic (exact) mass is 482 g/mol. The highest BCUT2D eigenvalue weighted by atomic mass is 35.5. The molecule has 0 unspecified atom stereocenters. The standard InChI is InChI=1S/C24H23ClN4O5/c25-17-4-7-20(19(10-17)24(33)29-18-5-2-15(3-6-18)23(26)27)28-11-16-9-14(12-30)1-8-21(16)34-13-22(31)32/h1-10,28,30H,11-13H2,(H3,26,27)(H,29,33)(H,31,32). The van der Waals surface area contributed by atoms with Crippen molar-refractivity contribution in [3.05, 3.63) is 87.9 Å². The fraction of sp³-hybridized carbons (Fsp3) is 0.125. The highest BCUT2D eigenvalue weighted by Crippen LogP contribution is 2.26. The van der Waals surface area contributed by atoms with Crippen molar-refractivity contribution in [3.63, 3.8) is 0 Å². The van der Waals surface area contributed by atoms with Gasteiger partial charge in [-0.25, -0.2) is 4.79 Å². The number of aliphatic hydroxyl groups excluding tert-OH is 1. The van der Waals surface area contributed by atoms with E-state index in [1.54, 1.807) is 54.6 Å². The van der Waals surface area contributed by atoms with E-state index in [1.807, 2.05) is 0 Å². The number of carbonyl (C=O) groups is 2. The van der Waals surface area contributed by atoms with Gasteiger partial charge >= 0.3 is 5.97 Å². The van der Waals surface area contributed by atoms with Crippen molar-refractivity contribution in [2.24, 2.45) is 5.73 Å². The van der Waals surface area contributed by atoms with Crippen molar-refractivity contribution in [1.82, 2.24) is 0 Å². The molecule has 0 spiro atoms. The van der Waals surface area contributed by atoms with Crippen molar-refractivity contribution in [2.75, 3.05) is 17.2 Å². The number of aliphatic hydroxyl groups is 1. The number of benzene rings is 3. The molecule has 0 saturated heterocycles. The van der Waals surface area contributed by atoms with Gasteiger partial charge in [-0.05, 0) is 60.2 Å². The van der Waals surface area contributed by atoms with Crippen molar-refractivity contribution in [3.8, 4) is 5.75 Å². The average Bonchev–Trinajstić information content (AvgIpc) is 2.82. The zero-order chi connectivity index (χ0) is 24.7. The lowest BCUT2D eigenvalue weighted by Gasteiger charge is -2.16. The van der Waals surface area contributed by atoms with Gasteiger partial charge in [-0.3, -0.25) is 10.2 Å². The van der Waals surface area contributed by atoms with Crippen molar-refractivity contribution >= 4 is 40.7 Å². The maximum atomic E-state index is 13.0. The summed E-state index contributed by atoms with van der Waals surface area (Å²) < 4.78 is 5.34. The summed E-state index contributed by atoms with van der Waals surface area (Å²) in [6, 6.07) is 16.3. The number of carbonyl (C=O) groups excluding carboxylic acids is 1. The Balaban J connectivity index is 1.80. The molecule has 0 heterocycles. The number of hydrogen-bond donors (Lipinski definition) is 6. The van der Waals surface area contributed by atoms with Crippen LogP contribution in [0.2, 0.25) is 5.02 Å². The first kappa shape index (κ1) is 24.6. The highest BCUT2D eigenvalue weighted by Gasteiger charge is 2.14. The maximum absolute atomic E-state index is 13.0. The van der Waals surface area contributed by atoms with Crippen LogP contribution in [0.4, 0.5) is 11.4 Å². The van der Waals surface area contributed by atoms with Crippen LogP contribution in [0.25, 0.3) is 0 Å². The predicted molar refractivity (Wildman–Crippen MR) is 130 cm³/mol. The first-order chi connectivity index (χ1) is 16.3. The number of nitrogens with two attached hydrogens (primary N) is 1. The van der Waals surface area contributed by atoms with Gasteiger partial charge < -0.3 is 31.3 Å². The second-order valence-corrected chi connectivity index (χ2v) is 7.71. The SMILES string of the molecule is N=C(N)c1ccc(NC(=O)c2cc(Cl)ccc2NCc2cc(CO)ccc2OCC(=O)O)cc1. The number of nitrogens with one attached hydrogen (secondary N) is 3. The molecule has 3 aromatic carbocycles. The summed E-state index contributed by atoms with van der Waals surface area (Å²) in [6.45, 7) is -0.510. The number of aliphatic carboxylic acids is 1. The minimum absolute atomic E-state index is 0.0730. The third kappa shape index (κ3) is 6.47. The molecule has 0 saturated carbocycles. The number of carboxylic acids is 1. The maximum Gasteiger partial charge on any atom is 0.341 e. The molecule has 0 atom stereocenters. The number of carboxylic acid groups (broad SMARTS) is 1. The van der Waals surface area contributed by atoms with Crippen LogP contribution in [-0.2, 0) is 17.9 Å². The Hall–Kier alpha value is -4.08. The zero-order valence-electron chi connectivity index (χ0n) is 18.0. The molecular weight excluding hydrogens is 460 g/mol. The number of amides is 1. The van der Waals surface area contributed by atoms with E-state index in [0.717, 1.165) is 0 Å². The topological polar surface area (TPSA) is 158 Å². The zero-order valence-corrected chi connectivity index (χ0v) is 18.7. The van der Waals surface area contributed by atoms with Gasteiger partial charge in [0.15, 0.2) is 6.61 Å². The minimum atomic E-state index is -1.11. The van der Waals surface area contributed by atoms with Crippen LogP contribution < -0.4 is 21.1 Å². The summed E-state index contributed by atoms with van der Waals surface area (Å²) in [5.41, 5.74) is 8.51. The van der Waals surface area contributed by atoms with Crippen LogP contribution in [0.3, 0.4) is 0 Å². The van der Waals surface area contributed by atoms with E-state index in [4.69, 9.17) is 32.6 Å². The number of anilines is 2. The van der Waals surface area contributed by atoms with Gasteiger partial charge in [0.2, 0.25) is 0 Å². The van der Waals surface area contributed by atoms with Crippen LogP contribution in [0.1, 0.15) is 27.0 Å². The van der Waals surface area contributed by atoms with Gasteiger partial charge in [-0.1, -0.05) is 17.7 Å². The first-order valence-electron chi connectivity index (χ1n) is 10.1. The molecule has 7 N–H and O–H groups in total. The number of hydrogen-bond acceptors (Lipinski definition) is 6. The smallest absolute Gasteiger partial charge is 0.341 e. The van der Waals surface area contributed by atoms with Gasteiger partial charge in [0, 0.05) is 34.1 Å². The number of rotatable bonds is 10. The van der Waals surface area contributed by atoms with Gasteiger partial charge in [-0.2, -0.15) is 0 Å². The molecule has 9 nitrogen and oxygen atoms in total. The Kier molecular flexibility index (Phi) is 8.07. The van der Waals surface area contributed by atoms with Gasteiger partial charge in [0.25, 0.3) is 5.91 Å². The Morgan fingerprint density at radius 2 is 1.79 bits per heavy atom. The summed E-state index contributed by atoms with van der Waals surface area (Å²) in [5, 5.41) is 32.1. The van der Waals surface area contributed by atoms with Crippen molar-refractivity contribution in [2.45, 2.75) is 13.2 Å². The fourth-order valence-electron chi connectivity index (χ4n) is 3.13. The van der Waals surface area contributed by atoms with Gasteiger partial charge in [0.05, 0.1) is 12.2 Å². The van der Waals surface area contributed by atoms with E-state index >= 15 is 0 Å². The molecule has 0 aliphatic heterocycles. The molecule has 10 heteroatoms. The summed E-state index contributed by atoms with van der Waals surface area (Å²) in [4.78, 5) is 23.8. The van der Waals surface area contributed by atoms with Crippen LogP contribution in [0, 0.1) is 5.41 Å². The highest BCUT2D eigenvalue weighted by molar-refractivity contribution is 6.31. The van der Waals surface area contributed by atoms with Gasteiger partial charge in [-0.15, -0.1) is 0 Å². The Morgan fingerprint density at radius 1 is 1.06 bits per heavy atom. The van der Waals surface area contributed by atoms with E-state index in [0.29, 0.717) is 38.8 Å². The average molecular weight is 483 g/mol. The molecule has 0 fully saturated rings. The quantitative estimate of drug-likeness (QED) is 0.191. The third-order valence-electron chi connectivity index (χ3n) is 4.81. The molecule has 0 aromatic heterocycles. The van der Waals surface area contributed by atoms with Crippen LogP contribution in [0.5, 0.6) is 5.75 Å². The van der Waals surface area contributed by atoms with E-state index in [1.165, 1.54) is 6.07 Å². The van der Waals surface area contributed by atoms with Gasteiger partial charge in [0.1, 0.15) is 11.6 Å². The first-order valence-corrected chi connectivity index (χ1v) is 10.5. The summed E-state index contributed by atoms with van der Waals surface area (Å²) in [6.07, 6.45) is 0.